The second kappa shape index (κ2) is 8.24. The van der Waals surface area contributed by atoms with Crippen molar-refractivity contribution < 1.29 is 9.47 Å². The van der Waals surface area contributed by atoms with Crippen LogP contribution in [0.25, 0.3) is 0 Å². The first-order valence-corrected chi connectivity index (χ1v) is 7.02. The normalized spacial score (nSPS) is 14.6. The van der Waals surface area contributed by atoms with Crippen molar-refractivity contribution in [3.05, 3.63) is 11.9 Å². The van der Waals surface area contributed by atoms with Crippen molar-refractivity contribution in [1.29, 1.82) is 0 Å². The van der Waals surface area contributed by atoms with E-state index in [1.165, 1.54) is 0 Å². The van der Waals surface area contributed by atoms with Crippen LogP contribution in [0.2, 0.25) is 0 Å². The first-order valence-electron chi connectivity index (χ1n) is 7.02. The van der Waals surface area contributed by atoms with Gasteiger partial charge in [0.1, 0.15) is 0 Å². The molecule has 0 saturated heterocycles. The minimum absolute atomic E-state index is 0.0905. The molecule has 0 amide bonds. The number of nitrogens with zero attached hydrogens (tertiary/aromatic N) is 3. The van der Waals surface area contributed by atoms with Gasteiger partial charge in [0.05, 0.1) is 37.7 Å². The summed E-state index contributed by atoms with van der Waals surface area (Å²) >= 11 is 0. The van der Waals surface area contributed by atoms with E-state index in [1.54, 1.807) is 20.4 Å². The summed E-state index contributed by atoms with van der Waals surface area (Å²) in [5, 5.41) is 4.38. The van der Waals surface area contributed by atoms with Crippen molar-refractivity contribution in [2.24, 2.45) is 5.73 Å². The SMILES string of the molecule is COc1cnn(CCN(C)C)c1C(N)CCC(C)OC. The maximum atomic E-state index is 6.32. The average Bonchev–Trinajstić information content (AvgIpc) is 2.84. The fraction of sp³-hybridized carbons (Fsp3) is 0.786. The standard InChI is InChI=1S/C14H28N4O2/c1-11(19-4)6-7-12(15)14-13(20-5)10-16-18(14)9-8-17(2)3/h10-12H,6-9,15H2,1-5H3. The van der Waals surface area contributed by atoms with Gasteiger partial charge in [0.25, 0.3) is 0 Å². The Morgan fingerprint density at radius 2 is 2.05 bits per heavy atom. The number of aromatic nitrogens is 2. The van der Waals surface area contributed by atoms with Gasteiger partial charge in [-0.15, -0.1) is 0 Å². The van der Waals surface area contributed by atoms with Crippen molar-refractivity contribution in [3.63, 3.8) is 0 Å². The van der Waals surface area contributed by atoms with Crippen molar-refractivity contribution in [3.8, 4) is 5.75 Å². The van der Waals surface area contributed by atoms with Crippen LogP contribution < -0.4 is 10.5 Å². The lowest BCUT2D eigenvalue weighted by Gasteiger charge is -2.18. The third-order valence-electron chi connectivity index (χ3n) is 3.46. The molecule has 0 radical (unpaired) electrons. The van der Waals surface area contributed by atoms with Crippen LogP contribution in [0, 0.1) is 0 Å². The zero-order valence-electron chi connectivity index (χ0n) is 13.3. The summed E-state index contributed by atoms with van der Waals surface area (Å²) in [5.74, 6) is 0.765. The maximum Gasteiger partial charge on any atom is 0.161 e. The maximum absolute atomic E-state index is 6.32. The Balaban J connectivity index is 2.76. The van der Waals surface area contributed by atoms with Crippen LogP contribution in [0.15, 0.2) is 6.20 Å². The number of likely N-dealkylation sites (N-methyl/N-ethyl adjacent to an activating group) is 1. The van der Waals surface area contributed by atoms with Gasteiger partial charge in [-0.3, -0.25) is 4.68 Å². The van der Waals surface area contributed by atoms with Crippen LogP contribution >= 0.6 is 0 Å². The highest BCUT2D eigenvalue weighted by atomic mass is 16.5. The Hall–Kier alpha value is -1.11. The fourth-order valence-electron chi connectivity index (χ4n) is 2.05. The van der Waals surface area contributed by atoms with Crippen molar-refractivity contribution in [2.45, 2.75) is 38.5 Å². The van der Waals surface area contributed by atoms with E-state index in [0.29, 0.717) is 0 Å². The molecule has 0 aliphatic rings. The van der Waals surface area contributed by atoms with Gasteiger partial charge in [0, 0.05) is 13.7 Å². The number of rotatable bonds is 9. The number of hydrogen-bond acceptors (Lipinski definition) is 5. The molecule has 2 atom stereocenters. The molecule has 1 aromatic rings. The molecule has 0 aliphatic carbocycles. The van der Waals surface area contributed by atoms with E-state index >= 15 is 0 Å². The highest BCUT2D eigenvalue weighted by molar-refractivity contribution is 5.28. The molecule has 6 heteroatoms. The Bertz CT molecular complexity index is 393. The largest absolute Gasteiger partial charge is 0.493 e. The molecule has 2 unspecified atom stereocenters. The monoisotopic (exact) mass is 284 g/mol. The molecular weight excluding hydrogens is 256 g/mol. The van der Waals surface area contributed by atoms with Gasteiger partial charge in [0.2, 0.25) is 0 Å². The number of nitrogens with two attached hydrogens (primary N) is 1. The summed E-state index contributed by atoms with van der Waals surface area (Å²) < 4.78 is 12.6. The third-order valence-corrected chi connectivity index (χ3v) is 3.46. The Morgan fingerprint density at radius 1 is 1.35 bits per heavy atom. The van der Waals surface area contributed by atoms with Gasteiger partial charge in [-0.25, -0.2) is 0 Å². The van der Waals surface area contributed by atoms with E-state index in [0.717, 1.165) is 37.4 Å². The number of methoxy groups -OCH3 is 2. The molecule has 0 spiro atoms. The first kappa shape index (κ1) is 16.9. The molecule has 1 heterocycles. The quantitative estimate of drug-likeness (QED) is 0.740. The van der Waals surface area contributed by atoms with Gasteiger partial charge < -0.3 is 20.1 Å². The predicted molar refractivity (Wildman–Crippen MR) is 80.0 cm³/mol. The van der Waals surface area contributed by atoms with Gasteiger partial charge >= 0.3 is 0 Å². The topological polar surface area (TPSA) is 65.5 Å². The molecule has 20 heavy (non-hydrogen) atoms. The lowest BCUT2D eigenvalue weighted by Crippen LogP contribution is -2.24. The minimum atomic E-state index is -0.0905. The Labute approximate surface area is 121 Å². The molecule has 0 fully saturated rings. The molecule has 0 bridgehead atoms. The highest BCUT2D eigenvalue weighted by Gasteiger charge is 2.19. The fourth-order valence-corrected chi connectivity index (χ4v) is 2.05. The summed E-state index contributed by atoms with van der Waals surface area (Å²) in [6.07, 6.45) is 3.72. The van der Waals surface area contributed by atoms with Crippen molar-refractivity contribution in [1.82, 2.24) is 14.7 Å². The molecule has 0 aromatic carbocycles. The van der Waals surface area contributed by atoms with Gasteiger partial charge in [-0.1, -0.05) is 0 Å². The van der Waals surface area contributed by atoms with Crippen molar-refractivity contribution in [2.75, 3.05) is 34.9 Å². The molecular formula is C14H28N4O2. The second-order valence-electron chi connectivity index (χ2n) is 5.35. The molecule has 6 nitrogen and oxygen atoms in total. The summed E-state index contributed by atoms with van der Waals surface area (Å²) in [7, 11) is 7.46. The summed E-state index contributed by atoms with van der Waals surface area (Å²) in [6, 6.07) is -0.0905. The molecule has 1 aromatic heterocycles. The zero-order chi connectivity index (χ0) is 15.1. The van der Waals surface area contributed by atoms with Crippen LogP contribution in [0.1, 0.15) is 31.5 Å². The van der Waals surface area contributed by atoms with E-state index in [9.17, 15) is 0 Å². The summed E-state index contributed by atoms with van der Waals surface area (Å²) in [4.78, 5) is 2.12. The van der Waals surface area contributed by atoms with E-state index < -0.39 is 0 Å². The molecule has 0 saturated carbocycles. The van der Waals surface area contributed by atoms with E-state index in [2.05, 4.69) is 10.00 Å². The van der Waals surface area contributed by atoms with Crippen LogP contribution in [0.5, 0.6) is 5.75 Å². The lowest BCUT2D eigenvalue weighted by atomic mass is 10.1. The minimum Gasteiger partial charge on any atom is -0.493 e. The predicted octanol–water partition coefficient (Wildman–Crippen LogP) is 1.27. The zero-order valence-corrected chi connectivity index (χ0v) is 13.3. The van der Waals surface area contributed by atoms with E-state index in [1.807, 2.05) is 25.7 Å². The van der Waals surface area contributed by atoms with Gasteiger partial charge in [-0.2, -0.15) is 5.10 Å². The number of ether oxygens (including phenoxy) is 2. The number of hydrogen-bond donors (Lipinski definition) is 1. The second-order valence-corrected chi connectivity index (χ2v) is 5.35. The first-order chi connectivity index (χ1) is 9.49. The average molecular weight is 284 g/mol. The van der Waals surface area contributed by atoms with Crippen molar-refractivity contribution >= 4 is 0 Å². The highest BCUT2D eigenvalue weighted by Crippen LogP contribution is 2.26. The van der Waals surface area contributed by atoms with Gasteiger partial charge in [-0.05, 0) is 33.9 Å². The van der Waals surface area contributed by atoms with E-state index in [-0.39, 0.29) is 12.1 Å². The van der Waals surface area contributed by atoms with Crippen LogP contribution in [-0.4, -0.2) is 55.6 Å². The van der Waals surface area contributed by atoms with Gasteiger partial charge in [0.15, 0.2) is 5.75 Å². The Morgan fingerprint density at radius 3 is 2.60 bits per heavy atom. The third kappa shape index (κ3) is 4.77. The smallest absolute Gasteiger partial charge is 0.161 e. The molecule has 1 rings (SSSR count). The summed E-state index contributed by atoms with van der Waals surface area (Å²) in [5.41, 5.74) is 7.29. The lowest BCUT2D eigenvalue weighted by molar-refractivity contribution is 0.107. The van der Waals surface area contributed by atoms with E-state index in [4.69, 9.17) is 15.2 Å². The molecule has 0 aliphatic heterocycles. The summed E-state index contributed by atoms with van der Waals surface area (Å²) in [6.45, 7) is 3.77. The molecule has 116 valence electrons. The van der Waals surface area contributed by atoms with Crippen LogP contribution in [0.4, 0.5) is 0 Å². The van der Waals surface area contributed by atoms with Crippen LogP contribution in [-0.2, 0) is 11.3 Å². The molecule has 2 N–H and O–H groups in total. The van der Waals surface area contributed by atoms with Crippen LogP contribution in [0.3, 0.4) is 0 Å². The Kier molecular flexibility index (Phi) is 6.98.